The van der Waals surface area contributed by atoms with Crippen LogP contribution in [-0.2, 0) is 9.59 Å². The fourth-order valence-corrected chi connectivity index (χ4v) is 3.52. The fourth-order valence-electron chi connectivity index (χ4n) is 3.24. The van der Waals surface area contributed by atoms with Gasteiger partial charge in [0.05, 0.1) is 5.92 Å². The Balaban J connectivity index is 1.95. The van der Waals surface area contributed by atoms with Crippen LogP contribution in [0.2, 0.25) is 5.02 Å². The second-order valence-electron chi connectivity index (χ2n) is 6.34. The van der Waals surface area contributed by atoms with Crippen molar-refractivity contribution in [2.24, 2.45) is 5.92 Å². The molecule has 148 valence electrons. The zero-order chi connectivity index (χ0) is 20.6. The van der Waals surface area contributed by atoms with Gasteiger partial charge in [-0.15, -0.1) is 0 Å². The number of benzene rings is 2. The van der Waals surface area contributed by atoms with E-state index in [9.17, 15) is 31.5 Å². The maximum Gasteiger partial charge on any atom is 0.315 e. The van der Waals surface area contributed by atoms with Crippen LogP contribution in [0.3, 0.4) is 0 Å². The third kappa shape index (κ3) is 3.61. The van der Waals surface area contributed by atoms with Crippen molar-refractivity contribution in [1.82, 2.24) is 0 Å². The van der Waals surface area contributed by atoms with Crippen LogP contribution < -0.4 is 4.74 Å². The molecule has 0 bridgehead atoms. The van der Waals surface area contributed by atoms with Gasteiger partial charge in [-0.25, -0.2) is 13.2 Å². The van der Waals surface area contributed by atoms with Gasteiger partial charge in [-0.1, -0.05) is 29.8 Å². The maximum absolute atomic E-state index is 13.8. The molecule has 1 saturated carbocycles. The Morgan fingerprint density at radius 2 is 1.54 bits per heavy atom. The number of rotatable bonds is 3. The molecule has 3 nitrogen and oxygen atoms in total. The van der Waals surface area contributed by atoms with Crippen LogP contribution in [0.15, 0.2) is 24.3 Å². The Labute approximate surface area is 161 Å². The first-order valence-electron chi connectivity index (χ1n) is 8.21. The Bertz CT molecular complexity index is 934. The van der Waals surface area contributed by atoms with Gasteiger partial charge < -0.3 is 4.74 Å². The minimum absolute atomic E-state index is 0.0110. The Kier molecular flexibility index (Phi) is 5.69. The first-order chi connectivity index (χ1) is 13.2. The van der Waals surface area contributed by atoms with Crippen LogP contribution in [-0.4, -0.2) is 11.8 Å². The lowest BCUT2D eigenvalue weighted by Gasteiger charge is -2.30. The van der Waals surface area contributed by atoms with Crippen molar-refractivity contribution < 1.29 is 36.3 Å². The molecular weight excluding hydrogens is 407 g/mol. The standard InChI is InChI=1S/C19H12ClF5O3/c20-12-4-2-1-3-9(12)11-7-8(26)5-6-10(11)19(27)28-18-16(24)14(22)13(21)15(23)17(18)25/h1-4,10-11H,5-7H2/t10-,11+/m1/s1. The van der Waals surface area contributed by atoms with Crippen LogP contribution in [0.4, 0.5) is 22.0 Å². The number of esters is 1. The molecule has 0 unspecified atom stereocenters. The normalized spacial score (nSPS) is 19.6. The molecule has 0 spiro atoms. The van der Waals surface area contributed by atoms with E-state index in [0.717, 1.165) is 0 Å². The lowest BCUT2D eigenvalue weighted by atomic mass is 9.75. The van der Waals surface area contributed by atoms with Gasteiger partial charge in [-0.2, -0.15) is 8.78 Å². The molecule has 2 atom stereocenters. The molecule has 2 aromatic carbocycles. The molecule has 0 radical (unpaired) electrons. The molecule has 1 fully saturated rings. The highest BCUT2D eigenvalue weighted by Gasteiger charge is 2.39. The summed E-state index contributed by atoms with van der Waals surface area (Å²) in [6, 6.07) is 6.40. The van der Waals surface area contributed by atoms with Gasteiger partial charge in [-0.05, 0) is 18.1 Å². The third-order valence-corrected chi connectivity index (χ3v) is 4.99. The molecule has 2 aromatic rings. The van der Waals surface area contributed by atoms with Crippen molar-refractivity contribution in [3.05, 3.63) is 63.9 Å². The van der Waals surface area contributed by atoms with E-state index in [1.165, 1.54) is 0 Å². The largest absolute Gasteiger partial charge is 0.420 e. The number of halogens is 6. The van der Waals surface area contributed by atoms with E-state index in [4.69, 9.17) is 11.6 Å². The molecule has 1 aliphatic carbocycles. The summed E-state index contributed by atoms with van der Waals surface area (Å²) in [6.45, 7) is 0. The highest BCUT2D eigenvalue weighted by atomic mass is 35.5. The molecule has 0 N–H and O–H groups in total. The van der Waals surface area contributed by atoms with Crippen LogP contribution in [0.1, 0.15) is 30.7 Å². The lowest BCUT2D eigenvalue weighted by Crippen LogP contribution is -2.33. The Morgan fingerprint density at radius 1 is 0.964 bits per heavy atom. The average Bonchev–Trinajstić information content (AvgIpc) is 2.68. The predicted octanol–water partition coefficient (Wildman–Crippen LogP) is 5.09. The van der Waals surface area contributed by atoms with Gasteiger partial charge in [0.25, 0.3) is 0 Å². The molecule has 0 aliphatic heterocycles. The molecule has 0 aromatic heterocycles. The van der Waals surface area contributed by atoms with E-state index >= 15 is 0 Å². The first kappa shape index (κ1) is 20.3. The van der Waals surface area contributed by atoms with Gasteiger partial charge >= 0.3 is 5.97 Å². The van der Waals surface area contributed by atoms with Crippen molar-refractivity contribution in [1.29, 1.82) is 0 Å². The molecule has 0 heterocycles. The second-order valence-corrected chi connectivity index (χ2v) is 6.74. The summed E-state index contributed by atoms with van der Waals surface area (Å²) in [4.78, 5) is 24.4. The highest BCUT2D eigenvalue weighted by Crippen LogP contribution is 2.40. The van der Waals surface area contributed by atoms with E-state index in [2.05, 4.69) is 4.74 Å². The summed E-state index contributed by atoms with van der Waals surface area (Å²) in [6.07, 6.45) is -0.0681. The quantitative estimate of drug-likeness (QED) is 0.229. The van der Waals surface area contributed by atoms with Gasteiger partial charge in [0.2, 0.25) is 34.8 Å². The van der Waals surface area contributed by atoms with E-state index in [-0.39, 0.29) is 30.1 Å². The van der Waals surface area contributed by atoms with Crippen LogP contribution >= 0.6 is 11.6 Å². The van der Waals surface area contributed by atoms with Crippen molar-refractivity contribution in [3.63, 3.8) is 0 Å². The van der Waals surface area contributed by atoms with Crippen LogP contribution in [0, 0.1) is 35.0 Å². The molecule has 9 heteroatoms. The summed E-state index contributed by atoms with van der Waals surface area (Å²) in [5, 5.41) is 0.274. The van der Waals surface area contributed by atoms with Crippen molar-refractivity contribution >= 4 is 23.4 Å². The number of carbonyl (C=O) groups is 2. The number of hydrogen-bond acceptors (Lipinski definition) is 3. The van der Waals surface area contributed by atoms with Gasteiger partial charge in [0.1, 0.15) is 5.78 Å². The SMILES string of the molecule is O=C1CC[C@@H](C(=O)Oc2c(F)c(F)c(F)c(F)c2F)[C@H](c2ccccc2Cl)C1. The first-order valence-corrected chi connectivity index (χ1v) is 8.59. The van der Waals surface area contributed by atoms with E-state index in [1.54, 1.807) is 24.3 Å². The van der Waals surface area contributed by atoms with Crippen LogP contribution in [0.5, 0.6) is 5.75 Å². The number of hydrogen-bond donors (Lipinski definition) is 0. The predicted molar refractivity (Wildman–Crippen MR) is 88.4 cm³/mol. The zero-order valence-corrected chi connectivity index (χ0v) is 14.8. The third-order valence-electron chi connectivity index (χ3n) is 4.65. The maximum atomic E-state index is 13.8. The molecule has 1 aliphatic rings. The summed E-state index contributed by atoms with van der Waals surface area (Å²) in [5.74, 6) is -16.1. The summed E-state index contributed by atoms with van der Waals surface area (Å²) >= 11 is 6.12. The minimum Gasteiger partial charge on any atom is -0.420 e. The van der Waals surface area contributed by atoms with Gasteiger partial charge in [0, 0.05) is 23.8 Å². The lowest BCUT2D eigenvalue weighted by molar-refractivity contribution is -0.142. The average molecular weight is 419 g/mol. The zero-order valence-electron chi connectivity index (χ0n) is 14.1. The van der Waals surface area contributed by atoms with Crippen molar-refractivity contribution in [2.45, 2.75) is 25.2 Å². The molecule has 0 amide bonds. The number of ketones is 1. The van der Waals surface area contributed by atoms with E-state index in [0.29, 0.717) is 5.56 Å². The van der Waals surface area contributed by atoms with Crippen molar-refractivity contribution in [3.8, 4) is 5.75 Å². The highest BCUT2D eigenvalue weighted by molar-refractivity contribution is 6.31. The second kappa shape index (κ2) is 7.87. The molecular formula is C19H12ClF5O3. The van der Waals surface area contributed by atoms with Crippen LogP contribution in [0.25, 0.3) is 0 Å². The van der Waals surface area contributed by atoms with E-state index < -0.39 is 52.6 Å². The number of ether oxygens (including phenoxy) is 1. The Hall–Kier alpha value is -2.48. The smallest absolute Gasteiger partial charge is 0.315 e. The molecule has 0 saturated heterocycles. The van der Waals surface area contributed by atoms with E-state index in [1.807, 2.05) is 0 Å². The fraction of sp³-hybridized carbons (Fsp3) is 0.263. The summed E-state index contributed by atoms with van der Waals surface area (Å²) in [7, 11) is 0. The molecule has 3 rings (SSSR count). The summed E-state index contributed by atoms with van der Waals surface area (Å²) < 4.78 is 72.0. The number of Topliss-reactive ketones (excluding diaryl/α,β-unsaturated/α-hetero) is 1. The monoisotopic (exact) mass is 418 g/mol. The Morgan fingerprint density at radius 3 is 2.14 bits per heavy atom. The van der Waals surface area contributed by atoms with Crippen molar-refractivity contribution in [2.75, 3.05) is 0 Å². The van der Waals surface area contributed by atoms with Gasteiger partial charge in [-0.3, -0.25) is 9.59 Å². The number of carbonyl (C=O) groups excluding carboxylic acids is 2. The summed E-state index contributed by atoms with van der Waals surface area (Å²) in [5.41, 5.74) is 0.455. The minimum atomic E-state index is -2.35. The topological polar surface area (TPSA) is 43.4 Å². The van der Waals surface area contributed by atoms with Gasteiger partial charge in [0.15, 0.2) is 0 Å². The molecule has 28 heavy (non-hydrogen) atoms.